The number of nitrogens with one attached hydrogen (secondary N) is 1. The quantitative estimate of drug-likeness (QED) is 0.379. The molecule has 0 saturated heterocycles. The molecule has 0 bridgehead atoms. The fraction of sp³-hybridized carbons (Fsp3) is 0.714. The fourth-order valence-electron chi connectivity index (χ4n) is 0.857. The predicted octanol–water partition coefficient (Wildman–Crippen LogP) is -1.75. The molecule has 0 aliphatic heterocycles. The minimum absolute atomic E-state index is 0.0640. The number of hydrogen-bond donors (Lipinski definition) is 4. The van der Waals surface area contributed by atoms with Crippen molar-refractivity contribution >= 4 is 11.9 Å². The first-order chi connectivity index (χ1) is 6.07. The number of nitrogens with two attached hydrogens (primary N) is 2. The lowest BCUT2D eigenvalue weighted by Gasteiger charge is -2.12. The van der Waals surface area contributed by atoms with E-state index in [9.17, 15) is 9.59 Å². The van der Waals surface area contributed by atoms with Crippen molar-refractivity contribution in [3.05, 3.63) is 0 Å². The van der Waals surface area contributed by atoms with Crippen molar-refractivity contribution in [3.63, 3.8) is 0 Å². The molecule has 0 aliphatic carbocycles. The second kappa shape index (κ2) is 6.38. The summed E-state index contributed by atoms with van der Waals surface area (Å²) < 4.78 is 0. The van der Waals surface area contributed by atoms with Crippen molar-refractivity contribution < 1.29 is 14.7 Å². The second-order valence-electron chi connectivity index (χ2n) is 2.64. The zero-order valence-electron chi connectivity index (χ0n) is 7.32. The third-order valence-corrected chi connectivity index (χ3v) is 1.51. The van der Waals surface area contributed by atoms with Gasteiger partial charge in [0.25, 0.3) is 0 Å². The molecule has 0 fully saturated rings. The predicted molar refractivity (Wildman–Crippen MR) is 46.9 cm³/mol. The highest BCUT2D eigenvalue weighted by molar-refractivity contribution is 5.77. The largest absolute Gasteiger partial charge is 0.480 e. The van der Waals surface area contributed by atoms with Gasteiger partial charge in [-0.3, -0.25) is 9.59 Å². The maximum Gasteiger partial charge on any atom is 0.320 e. The Bertz CT molecular complexity index is 184. The molecule has 0 spiro atoms. The summed E-state index contributed by atoms with van der Waals surface area (Å²) in [6.07, 6.45) is 0.263. The van der Waals surface area contributed by atoms with E-state index in [1.165, 1.54) is 0 Å². The number of aliphatic carboxylic acids is 1. The molecule has 1 atom stereocenters. The van der Waals surface area contributed by atoms with Gasteiger partial charge in [-0.15, -0.1) is 0 Å². The van der Waals surface area contributed by atoms with Crippen LogP contribution < -0.4 is 16.8 Å². The zero-order valence-corrected chi connectivity index (χ0v) is 7.32. The van der Waals surface area contributed by atoms with Gasteiger partial charge in [0, 0.05) is 19.5 Å². The van der Waals surface area contributed by atoms with E-state index in [1.54, 1.807) is 0 Å². The Balaban J connectivity index is 3.80. The molecule has 76 valence electrons. The molecule has 0 aromatic rings. The van der Waals surface area contributed by atoms with E-state index in [0.29, 0.717) is 13.1 Å². The number of hydrogen-bond acceptors (Lipinski definition) is 4. The first-order valence-corrected chi connectivity index (χ1v) is 4.02. The van der Waals surface area contributed by atoms with Crippen molar-refractivity contribution in [1.29, 1.82) is 0 Å². The number of primary amides is 1. The summed E-state index contributed by atoms with van der Waals surface area (Å²) in [6.45, 7) is 0.774. The highest BCUT2D eigenvalue weighted by Gasteiger charge is 2.16. The molecular formula is C7H15N3O3. The topological polar surface area (TPSA) is 118 Å². The number of carbonyl (C=O) groups excluding carboxylic acids is 1. The van der Waals surface area contributed by atoms with Gasteiger partial charge in [0.2, 0.25) is 5.91 Å². The van der Waals surface area contributed by atoms with Crippen LogP contribution in [0.3, 0.4) is 0 Å². The van der Waals surface area contributed by atoms with Crippen LogP contribution in [0.2, 0.25) is 0 Å². The maximum atomic E-state index is 10.6. The molecule has 1 amide bonds. The van der Waals surface area contributed by atoms with Gasteiger partial charge in [-0.1, -0.05) is 0 Å². The van der Waals surface area contributed by atoms with Gasteiger partial charge in [-0.05, 0) is 6.42 Å². The Labute approximate surface area is 76.3 Å². The average Bonchev–Trinajstić information content (AvgIpc) is 2.03. The summed E-state index contributed by atoms with van der Waals surface area (Å²) in [5.41, 5.74) is 10.1. The summed E-state index contributed by atoms with van der Waals surface area (Å²) in [7, 11) is 0. The lowest BCUT2D eigenvalue weighted by Crippen LogP contribution is -2.40. The van der Waals surface area contributed by atoms with Crippen molar-refractivity contribution in [2.75, 3.05) is 13.1 Å². The van der Waals surface area contributed by atoms with Crippen LogP contribution in [0.25, 0.3) is 0 Å². The van der Waals surface area contributed by atoms with Gasteiger partial charge in [0.15, 0.2) is 0 Å². The van der Waals surface area contributed by atoms with Crippen LogP contribution in [0.5, 0.6) is 0 Å². The van der Waals surface area contributed by atoms with Gasteiger partial charge in [-0.2, -0.15) is 0 Å². The lowest BCUT2D eigenvalue weighted by molar-refractivity contribution is -0.139. The standard InChI is InChI=1S/C7H15N3O3/c8-3-4-10-5(7(12)13)1-2-6(9)11/h5,10H,1-4,8H2,(H2,9,11)(H,12,13)/t5-/m0/s1. The summed E-state index contributed by atoms with van der Waals surface area (Å²) in [6, 6.07) is -0.740. The van der Waals surface area contributed by atoms with Crippen molar-refractivity contribution in [2.45, 2.75) is 18.9 Å². The number of amides is 1. The number of rotatable bonds is 7. The summed E-state index contributed by atoms with van der Waals surface area (Å²) in [5.74, 6) is -1.49. The molecule has 0 unspecified atom stereocenters. The van der Waals surface area contributed by atoms with E-state index >= 15 is 0 Å². The van der Waals surface area contributed by atoms with Crippen LogP contribution in [0, 0.1) is 0 Å². The normalized spacial score (nSPS) is 12.4. The lowest BCUT2D eigenvalue weighted by atomic mass is 10.1. The molecule has 6 nitrogen and oxygen atoms in total. The minimum Gasteiger partial charge on any atom is -0.480 e. The smallest absolute Gasteiger partial charge is 0.320 e. The highest BCUT2D eigenvalue weighted by Crippen LogP contribution is 1.96. The monoisotopic (exact) mass is 189 g/mol. The first kappa shape index (κ1) is 11.9. The minimum atomic E-state index is -0.991. The van der Waals surface area contributed by atoms with Crippen LogP contribution in [-0.4, -0.2) is 36.1 Å². The van der Waals surface area contributed by atoms with Crippen molar-refractivity contribution in [2.24, 2.45) is 11.5 Å². The van der Waals surface area contributed by atoms with Crippen molar-refractivity contribution in [1.82, 2.24) is 5.32 Å². The SMILES string of the molecule is NCCN[C@@H](CCC(N)=O)C(=O)O. The van der Waals surface area contributed by atoms with Gasteiger partial charge >= 0.3 is 5.97 Å². The van der Waals surface area contributed by atoms with E-state index < -0.39 is 17.9 Å². The average molecular weight is 189 g/mol. The van der Waals surface area contributed by atoms with E-state index in [2.05, 4.69) is 5.32 Å². The third kappa shape index (κ3) is 6.06. The van der Waals surface area contributed by atoms with E-state index in [1.807, 2.05) is 0 Å². The third-order valence-electron chi connectivity index (χ3n) is 1.51. The zero-order chi connectivity index (χ0) is 10.3. The molecule has 0 rings (SSSR count). The van der Waals surface area contributed by atoms with Crippen LogP contribution in [-0.2, 0) is 9.59 Å². The molecule has 0 saturated carbocycles. The Hall–Kier alpha value is -1.14. The first-order valence-electron chi connectivity index (χ1n) is 4.02. The number of carboxylic acids is 1. The summed E-state index contributed by atoms with van der Waals surface area (Å²) >= 11 is 0. The van der Waals surface area contributed by atoms with Gasteiger partial charge < -0.3 is 21.9 Å². The van der Waals surface area contributed by atoms with Crippen molar-refractivity contribution in [3.8, 4) is 0 Å². The van der Waals surface area contributed by atoms with Crippen LogP contribution in [0.4, 0.5) is 0 Å². The van der Waals surface area contributed by atoms with Crippen LogP contribution in [0.1, 0.15) is 12.8 Å². The molecule has 13 heavy (non-hydrogen) atoms. The van der Waals surface area contributed by atoms with Gasteiger partial charge in [0.05, 0.1) is 0 Å². The van der Waals surface area contributed by atoms with E-state index in [-0.39, 0.29) is 12.8 Å². The molecule has 0 aliphatic rings. The molecule has 0 aromatic carbocycles. The molecular weight excluding hydrogens is 174 g/mol. The van der Waals surface area contributed by atoms with Crippen LogP contribution >= 0.6 is 0 Å². The second-order valence-corrected chi connectivity index (χ2v) is 2.64. The Morgan fingerprint density at radius 3 is 2.46 bits per heavy atom. The summed E-state index contributed by atoms with van der Waals surface area (Å²) in [4.78, 5) is 20.9. The van der Waals surface area contributed by atoms with E-state index in [4.69, 9.17) is 16.6 Å². The molecule has 0 aromatic heterocycles. The van der Waals surface area contributed by atoms with Gasteiger partial charge in [-0.25, -0.2) is 0 Å². The molecule has 0 radical (unpaired) electrons. The summed E-state index contributed by atoms with van der Waals surface area (Å²) in [5, 5.41) is 11.3. The van der Waals surface area contributed by atoms with Crippen LogP contribution in [0.15, 0.2) is 0 Å². The Morgan fingerprint density at radius 2 is 2.08 bits per heavy atom. The number of carboxylic acid groups (broad SMARTS) is 1. The molecule has 6 N–H and O–H groups in total. The maximum absolute atomic E-state index is 10.6. The fourth-order valence-corrected chi connectivity index (χ4v) is 0.857. The molecule has 6 heteroatoms. The Morgan fingerprint density at radius 1 is 1.46 bits per heavy atom. The highest BCUT2D eigenvalue weighted by atomic mass is 16.4. The van der Waals surface area contributed by atoms with E-state index in [0.717, 1.165) is 0 Å². The van der Waals surface area contributed by atoms with Gasteiger partial charge in [0.1, 0.15) is 6.04 Å². The number of carbonyl (C=O) groups is 2. The Kier molecular flexibility index (Phi) is 5.82. The molecule has 0 heterocycles.